The summed E-state index contributed by atoms with van der Waals surface area (Å²) in [5.41, 5.74) is 3.65. The van der Waals surface area contributed by atoms with Gasteiger partial charge in [0.1, 0.15) is 11.6 Å². The Morgan fingerprint density at radius 1 is 1.15 bits per heavy atom. The second-order valence-electron chi connectivity index (χ2n) is 6.72. The Morgan fingerprint density at radius 3 is 2.81 bits per heavy atom. The van der Waals surface area contributed by atoms with Crippen molar-refractivity contribution in [3.63, 3.8) is 0 Å². The van der Waals surface area contributed by atoms with Gasteiger partial charge in [-0.2, -0.15) is 0 Å². The highest BCUT2D eigenvalue weighted by atomic mass is 16.5. The van der Waals surface area contributed by atoms with E-state index in [1.165, 1.54) is 24.1 Å². The molecule has 1 aromatic carbocycles. The van der Waals surface area contributed by atoms with E-state index in [1.54, 1.807) is 0 Å². The zero-order chi connectivity index (χ0) is 18.2. The third-order valence-corrected chi connectivity index (χ3v) is 4.67. The lowest BCUT2D eigenvalue weighted by molar-refractivity contribution is -0.121. The zero-order valence-corrected chi connectivity index (χ0v) is 15.5. The molecule has 0 saturated carbocycles. The minimum atomic E-state index is 0.0522. The molecule has 0 spiro atoms. The molecule has 3 rings (SSSR count). The van der Waals surface area contributed by atoms with E-state index in [-0.39, 0.29) is 5.91 Å². The van der Waals surface area contributed by atoms with E-state index < -0.39 is 0 Å². The van der Waals surface area contributed by atoms with E-state index in [1.807, 2.05) is 30.3 Å². The average Bonchev–Trinajstić information content (AvgIpc) is 2.66. The largest absolute Gasteiger partial charge is 0.494 e. The van der Waals surface area contributed by atoms with Crippen LogP contribution in [-0.2, 0) is 24.1 Å². The van der Waals surface area contributed by atoms with Crippen molar-refractivity contribution in [2.24, 2.45) is 0 Å². The van der Waals surface area contributed by atoms with Crippen LogP contribution in [-0.4, -0.2) is 29.0 Å². The molecule has 0 saturated heterocycles. The van der Waals surface area contributed by atoms with Gasteiger partial charge in [-0.1, -0.05) is 18.2 Å². The van der Waals surface area contributed by atoms with Crippen LogP contribution in [0.3, 0.4) is 0 Å². The second kappa shape index (κ2) is 9.32. The first kappa shape index (κ1) is 18.4. The van der Waals surface area contributed by atoms with Crippen LogP contribution in [0.15, 0.2) is 30.3 Å². The molecule has 138 valence electrons. The van der Waals surface area contributed by atoms with Gasteiger partial charge >= 0.3 is 0 Å². The van der Waals surface area contributed by atoms with Gasteiger partial charge in [-0.25, -0.2) is 9.97 Å². The number of benzene rings is 1. The normalized spacial score (nSPS) is 13.1. The summed E-state index contributed by atoms with van der Waals surface area (Å²) in [5, 5.41) is 2.95. The van der Waals surface area contributed by atoms with Crippen LogP contribution in [0.2, 0.25) is 0 Å². The minimum Gasteiger partial charge on any atom is -0.494 e. The van der Waals surface area contributed by atoms with Crippen LogP contribution < -0.4 is 10.1 Å². The zero-order valence-electron chi connectivity index (χ0n) is 15.5. The number of carbonyl (C=O) groups excluding carboxylic acids is 1. The molecule has 0 atom stereocenters. The van der Waals surface area contributed by atoms with Gasteiger partial charge in [0.05, 0.1) is 6.61 Å². The number of nitrogens with zero attached hydrogens (tertiary/aromatic N) is 2. The molecule has 0 radical (unpaired) electrons. The Balaban J connectivity index is 1.35. The maximum Gasteiger partial charge on any atom is 0.220 e. The molecule has 1 heterocycles. The SMILES string of the molecule is Cc1nc(CCNC(=O)CCCOc2ccccc2)nc2c1CCCC2. The summed E-state index contributed by atoms with van der Waals surface area (Å²) in [5.74, 6) is 1.74. The van der Waals surface area contributed by atoms with Crippen molar-refractivity contribution in [2.75, 3.05) is 13.2 Å². The molecule has 5 nitrogen and oxygen atoms in total. The summed E-state index contributed by atoms with van der Waals surface area (Å²) in [4.78, 5) is 21.2. The van der Waals surface area contributed by atoms with Crippen molar-refractivity contribution in [3.8, 4) is 5.75 Å². The first-order valence-corrected chi connectivity index (χ1v) is 9.52. The lowest BCUT2D eigenvalue weighted by Crippen LogP contribution is -2.26. The topological polar surface area (TPSA) is 64.1 Å². The average molecular weight is 353 g/mol. The van der Waals surface area contributed by atoms with Gasteiger partial charge in [-0.3, -0.25) is 4.79 Å². The van der Waals surface area contributed by atoms with Crippen molar-refractivity contribution in [2.45, 2.75) is 51.9 Å². The molecular formula is C21H27N3O2. The van der Waals surface area contributed by atoms with Crippen molar-refractivity contribution in [3.05, 3.63) is 53.1 Å². The Morgan fingerprint density at radius 2 is 1.96 bits per heavy atom. The summed E-state index contributed by atoms with van der Waals surface area (Å²) >= 11 is 0. The molecule has 0 aliphatic heterocycles. The molecule has 0 unspecified atom stereocenters. The van der Waals surface area contributed by atoms with E-state index in [0.717, 1.165) is 30.1 Å². The van der Waals surface area contributed by atoms with Gasteiger partial charge < -0.3 is 10.1 Å². The monoisotopic (exact) mass is 353 g/mol. The maximum atomic E-state index is 11.9. The maximum absolute atomic E-state index is 11.9. The van der Waals surface area contributed by atoms with Crippen LogP contribution >= 0.6 is 0 Å². The minimum absolute atomic E-state index is 0.0522. The van der Waals surface area contributed by atoms with E-state index in [4.69, 9.17) is 9.72 Å². The molecule has 1 amide bonds. The molecule has 1 aliphatic carbocycles. The standard InChI is InChI=1S/C21H27N3O2/c1-16-18-10-5-6-11-19(18)24-20(23-16)13-14-22-21(25)12-7-15-26-17-8-3-2-4-9-17/h2-4,8-9H,5-7,10-15H2,1H3,(H,22,25). The molecular weight excluding hydrogens is 326 g/mol. The molecule has 0 fully saturated rings. The highest BCUT2D eigenvalue weighted by Gasteiger charge is 2.15. The molecule has 2 aromatic rings. The summed E-state index contributed by atoms with van der Waals surface area (Å²) in [6, 6.07) is 9.66. The van der Waals surface area contributed by atoms with Crippen LogP contribution in [0.4, 0.5) is 0 Å². The summed E-state index contributed by atoms with van der Waals surface area (Å²) in [7, 11) is 0. The molecule has 5 heteroatoms. The first-order chi connectivity index (χ1) is 12.7. The number of aromatic nitrogens is 2. The smallest absolute Gasteiger partial charge is 0.220 e. The molecule has 0 bridgehead atoms. The van der Waals surface area contributed by atoms with Crippen molar-refractivity contribution in [1.29, 1.82) is 0 Å². The van der Waals surface area contributed by atoms with E-state index in [9.17, 15) is 4.79 Å². The Hall–Kier alpha value is -2.43. The number of hydrogen-bond acceptors (Lipinski definition) is 4. The molecule has 1 aliphatic rings. The Kier molecular flexibility index (Phi) is 6.58. The predicted molar refractivity (Wildman–Crippen MR) is 101 cm³/mol. The third-order valence-electron chi connectivity index (χ3n) is 4.67. The van der Waals surface area contributed by atoms with Crippen LogP contribution in [0.1, 0.15) is 48.5 Å². The number of rotatable bonds is 8. The fraction of sp³-hybridized carbons (Fsp3) is 0.476. The number of hydrogen-bond donors (Lipinski definition) is 1. The summed E-state index contributed by atoms with van der Waals surface area (Å²) in [6.45, 7) is 3.20. The van der Waals surface area contributed by atoms with Crippen LogP contribution in [0.25, 0.3) is 0 Å². The Labute approximate surface area is 155 Å². The Bertz CT molecular complexity index is 732. The van der Waals surface area contributed by atoms with Gasteiger partial charge in [0.15, 0.2) is 0 Å². The number of ether oxygens (including phenoxy) is 1. The van der Waals surface area contributed by atoms with Gasteiger partial charge in [-0.05, 0) is 56.7 Å². The molecule has 1 N–H and O–H groups in total. The van der Waals surface area contributed by atoms with Gasteiger partial charge in [0.25, 0.3) is 0 Å². The van der Waals surface area contributed by atoms with E-state index in [0.29, 0.717) is 32.4 Å². The van der Waals surface area contributed by atoms with E-state index in [2.05, 4.69) is 17.2 Å². The lowest BCUT2D eigenvalue weighted by atomic mass is 9.95. The number of para-hydroxylation sites is 1. The molecule has 1 aromatic heterocycles. The van der Waals surface area contributed by atoms with Gasteiger partial charge in [0.2, 0.25) is 5.91 Å². The van der Waals surface area contributed by atoms with Crippen molar-refractivity contribution >= 4 is 5.91 Å². The summed E-state index contributed by atoms with van der Waals surface area (Å²) in [6.07, 6.45) is 6.46. The molecule has 26 heavy (non-hydrogen) atoms. The van der Waals surface area contributed by atoms with Crippen molar-refractivity contribution < 1.29 is 9.53 Å². The third kappa shape index (κ3) is 5.28. The fourth-order valence-corrected chi connectivity index (χ4v) is 3.30. The van der Waals surface area contributed by atoms with Gasteiger partial charge in [-0.15, -0.1) is 0 Å². The summed E-state index contributed by atoms with van der Waals surface area (Å²) < 4.78 is 5.60. The van der Waals surface area contributed by atoms with Crippen molar-refractivity contribution in [1.82, 2.24) is 15.3 Å². The number of carbonyl (C=O) groups is 1. The van der Waals surface area contributed by atoms with Gasteiger partial charge in [0, 0.05) is 30.8 Å². The van der Waals surface area contributed by atoms with Crippen LogP contribution in [0, 0.1) is 6.92 Å². The quantitative estimate of drug-likeness (QED) is 0.740. The van der Waals surface area contributed by atoms with E-state index >= 15 is 0 Å². The number of amides is 1. The second-order valence-corrected chi connectivity index (χ2v) is 6.72. The highest BCUT2D eigenvalue weighted by Crippen LogP contribution is 2.21. The highest BCUT2D eigenvalue weighted by molar-refractivity contribution is 5.75. The number of nitrogens with one attached hydrogen (secondary N) is 1. The number of aryl methyl sites for hydroxylation is 2. The predicted octanol–water partition coefficient (Wildman–Crippen LogP) is 3.18. The first-order valence-electron chi connectivity index (χ1n) is 9.52. The lowest BCUT2D eigenvalue weighted by Gasteiger charge is -2.17. The van der Waals surface area contributed by atoms with Crippen LogP contribution in [0.5, 0.6) is 5.75 Å². The number of fused-ring (bicyclic) bond motifs is 1. The fourth-order valence-electron chi connectivity index (χ4n) is 3.30.